The summed E-state index contributed by atoms with van der Waals surface area (Å²) in [5.74, 6) is 1.62. The Kier molecular flexibility index (Phi) is 3.62. The normalized spacial score (nSPS) is 21.9. The maximum absolute atomic E-state index is 11.8. The Morgan fingerprint density at radius 3 is 2.60 bits per heavy atom. The second-order valence-corrected chi connectivity index (χ2v) is 5.05. The van der Waals surface area contributed by atoms with Gasteiger partial charge in [0, 0.05) is 19.5 Å². The fourth-order valence-corrected chi connectivity index (χ4v) is 2.25. The van der Waals surface area contributed by atoms with Crippen molar-refractivity contribution in [3.8, 4) is 0 Å². The van der Waals surface area contributed by atoms with Crippen LogP contribution < -0.4 is 5.32 Å². The SMILES string of the molecule is CN(CCCC1CNC1)C(=O)C1CCC1. The van der Waals surface area contributed by atoms with E-state index in [0.717, 1.165) is 25.3 Å². The van der Waals surface area contributed by atoms with E-state index in [-0.39, 0.29) is 0 Å². The average molecular weight is 210 g/mol. The molecule has 1 saturated carbocycles. The first-order valence-electron chi connectivity index (χ1n) is 6.23. The van der Waals surface area contributed by atoms with Crippen LogP contribution in [-0.4, -0.2) is 37.5 Å². The Labute approximate surface area is 92.2 Å². The number of rotatable bonds is 5. The first-order valence-corrected chi connectivity index (χ1v) is 6.23. The van der Waals surface area contributed by atoms with E-state index in [1.54, 1.807) is 0 Å². The van der Waals surface area contributed by atoms with Crippen LogP contribution in [0.2, 0.25) is 0 Å². The Balaban J connectivity index is 1.58. The molecule has 1 saturated heterocycles. The molecule has 0 aromatic rings. The Morgan fingerprint density at radius 2 is 2.13 bits per heavy atom. The van der Waals surface area contributed by atoms with Crippen molar-refractivity contribution in [3.05, 3.63) is 0 Å². The predicted molar refractivity (Wildman–Crippen MR) is 60.6 cm³/mol. The number of amides is 1. The summed E-state index contributed by atoms with van der Waals surface area (Å²) in [4.78, 5) is 13.7. The van der Waals surface area contributed by atoms with E-state index in [0.29, 0.717) is 11.8 Å². The number of carbonyl (C=O) groups excluding carboxylic acids is 1. The first kappa shape index (κ1) is 10.9. The van der Waals surface area contributed by atoms with E-state index in [2.05, 4.69) is 5.32 Å². The summed E-state index contributed by atoms with van der Waals surface area (Å²) in [5.41, 5.74) is 0. The number of nitrogens with one attached hydrogen (secondary N) is 1. The van der Waals surface area contributed by atoms with Gasteiger partial charge in [0.05, 0.1) is 0 Å². The zero-order chi connectivity index (χ0) is 10.7. The van der Waals surface area contributed by atoms with Crippen molar-refractivity contribution in [3.63, 3.8) is 0 Å². The highest BCUT2D eigenvalue weighted by molar-refractivity contribution is 5.79. The fraction of sp³-hybridized carbons (Fsp3) is 0.917. The van der Waals surface area contributed by atoms with E-state index in [9.17, 15) is 4.79 Å². The summed E-state index contributed by atoms with van der Waals surface area (Å²) >= 11 is 0. The number of hydrogen-bond donors (Lipinski definition) is 1. The van der Waals surface area contributed by atoms with Gasteiger partial charge < -0.3 is 10.2 Å². The molecule has 1 heterocycles. The Morgan fingerprint density at radius 1 is 1.40 bits per heavy atom. The van der Waals surface area contributed by atoms with E-state index in [1.165, 1.54) is 32.4 Å². The summed E-state index contributed by atoms with van der Waals surface area (Å²) in [5, 5.41) is 3.28. The zero-order valence-electron chi connectivity index (χ0n) is 9.67. The van der Waals surface area contributed by atoms with Gasteiger partial charge in [-0.15, -0.1) is 0 Å². The molecule has 15 heavy (non-hydrogen) atoms. The molecule has 0 aromatic carbocycles. The minimum absolute atomic E-state index is 0.361. The van der Waals surface area contributed by atoms with Gasteiger partial charge in [-0.1, -0.05) is 6.42 Å². The third kappa shape index (κ3) is 2.71. The van der Waals surface area contributed by atoms with Gasteiger partial charge in [-0.2, -0.15) is 0 Å². The topological polar surface area (TPSA) is 32.3 Å². The molecular formula is C12H22N2O. The summed E-state index contributed by atoms with van der Waals surface area (Å²) in [6.45, 7) is 3.31. The molecule has 1 amide bonds. The molecule has 86 valence electrons. The largest absolute Gasteiger partial charge is 0.346 e. The fourth-order valence-electron chi connectivity index (χ4n) is 2.25. The van der Waals surface area contributed by atoms with Crippen LogP contribution in [0, 0.1) is 11.8 Å². The maximum Gasteiger partial charge on any atom is 0.225 e. The average Bonchev–Trinajstić information content (AvgIpc) is 2.05. The van der Waals surface area contributed by atoms with E-state index >= 15 is 0 Å². The van der Waals surface area contributed by atoms with Gasteiger partial charge in [-0.3, -0.25) is 4.79 Å². The highest BCUT2D eigenvalue weighted by atomic mass is 16.2. The van der Waals surface area contributed by atoms with Gasteiger partial charge in [0.25, 0.3) is 0 Å². The van der Waals surface area contributed by atoms with Crippen LogP contribution in [0.5, 0.6) is 0 Å². The second kappa shape index (κ2) is 4.97. The molecule has 3 nitrogen and oxygen atoms in total. The third-order valence-electron chi connectivity index (χ3n) is 3.80. The monoisotopic (exact) mass is 210 g/mol. The van der Waals surface area contributed by atoms with Crippen LogP contribution in [0.4, 0.5) is 0 Å². The lowest BCUT2D eigenvalue weighted by Crippen LogP contribution is -2.42. The summed E-state index contributed by atoms with van der Waals surface area (Å²) < 4.78 is 0. The van der Waals surface area contributed by atoms with Gasteiger partial charge in [0.2, 0.25) is 5.91 Å². The minimum Gasteiger partial charge on any atom is -0.346 e. The summed E-state index contributed by atoms with van der Waals surface area (Å²) in [6.07, 6.45) is 5.93. The molecule has 0 bridgehead atoms. The molecule has 0 unspecified atom stereocenters. The van der Waals surface area contributed by atoms with Crippen LogP contribution >= 0.6 is 0 Å². The maximum atomic E-state index is 11.8. The smallest absolute Gasteiger partial charge is 0.225 e. The predicted octanol–water partition coefficient (Wildman–Crippen LogP) is 1.24. The highest BCUT2D eigenvalue weighted by Gasteiger charge is 2.27. The molecule has 1 aliphatic heterocycles. The van der Waals surface area contributed by atoms with E-state index in [4.69, 9.17) is 0 Å². The van der Waals surface area contributed by atoms with E-state index < -0.39 is 0 Å². The lowest BCUT2D eigenvalue weighted by atomic mass is 9.84. The molecule has 1 aliphatic carbocycles. The van der Waals surface area contributed by atoms with Gasteiger partial charge in [-0.05, 0) is 44.7 Å². The quantitative estimate of drug-likeness (QED) is 0.740. The van der Waals surface area contributed by atoms with Crippen molar-refractivity contribution in [1.29, 1.82) is 0 Å². The number of carbonyl (C=O) groups is 1. The molecule has 0 spiro atoms. The molecule has 1 N–H and O–H groups in total. The Hall–Kier alpha value is -0.570. The van der Waals surface area contributed by atoms with Crippen molar-refractivity contribution in [2.24, 2.45) is 11.8 Å². The van der Waals surface area contributed by atoms with Gasteiger partial charge in [0.1, 0.15) is 0 Å². The summed E-state index contributed by atoms with van der Waals surface area (Å²) in [6, 6.07) is 0. The lowest BCUT2D eigenvalue weighted by Gasteiger charge is -2.31. The molecule has 0 radical (unpaired) electrons. The first-order chi connectivity index (χ1) is 7.27. The van der Waals surface area contributed by atoms with Gasteiger partial charge in [-0.25, -0.2) is 0 Å². The second-order valence-electron chi connectivity index (χ2n) is 5.05. The van der Waals surface area contributed by atoms with Crippen LogP contribution in [0.25, 0.3) is 0 Å². The Bertz CT molecular complexity index is 222. The van der Waals surface area contributed by atoms with Crippen molar-refractivity contribution in [2.75, 3.05) is 26.7 Å². The summed E-state index contributed by atoms with van der Waals surface area (Å²) in [7, 11) is 1.96. The number of nitrogens with zero attached hydrogens (tertiary/aromatic N) is 1. The molecule has 2 rings (SSSR count). The van der Waals surface area contributed by atoms with Crippen LogP contribution in [-0.2, 0) is 4.79 Å². The molecule has 3 heteroatoms. The van der Waals surface area contributed by atoms with Crippen LogP contribution in [0.3, 0.4) is 0 Å². The third-order valence-corrected chi connectivity index (χ3v) is 3.80. The van der Waals surface area contributed by atoms with E-state index in [1.807, 2.05) is 11.9 Å². The molecule has 0 atom stereocenters. The van der Waals surface area contributed by atoms with Crippen LogP contribution in [0.1, 0.15) is 32.1 Å². The molecular weight excluding hydrogens is 188 g/mol. The molecule has 2 aliphatic rings. The minimum atomic E-state index is 0.361. The van der Waals surface area contributed by atoms with Crippen LogP contribution in [0.15, 0.2) is 0 Å². The zero-order valence-corrected chi connectivity index (χ0v) is 9.67. The van der Waals surface area contributed by atoms with Gasteiger partial charge >= 0.3 is 0 Å². The molecule has 2 fully saturated rings. The van der Waals surface area contributed by atoms with Crippen molar-refractivity contribution in [2.45, 2.75) is 32.1 Å². The number of hydrogen-bond acceptors (Lipinski definition) is 2. The standard InChI is InChI=1S/C12H22N2O/c1-14(12(15)11-5-2-6-11)7-3-4-10-8-13-9-10/h10-11,13H,2-9H2,1H3. The van der Waals surface area contributed by atoms with Gasteiger partial charge in [0.15, 0.2) is 0 Å². The van der Waals surface area contributed by atoms with Crippen molar-refractivity contribution in [1.82, 2.24) is 10.2 Å². The van der Waals surface area contributed by atoms with Crippen molar-refractivity contribution < 1.29 is 4.79 Å². The van der Waals surface area contributed by atoms with Crippen molar-refractivity contribution >= 4 is 5.91 Å². The molecule has 0 aromatic heterocycles. The highest BCUT2D eigenvalue weighted by Crippen LogP contribution is 2.28. The lowest BCUT2D eigenvalue weighted by molar-refractivity contribution is -0.136.